The van der Waals surface area contributed by atoms with Gasteiger partial charge in [-0.25, -0.2) is 4.79 Å². The molecule has 0 spiro atoms. The molecule has 0 atom stereocenters. The highest BCUT2D eigenvalue weighted by Crippen LogP contribution is 2.29. The van der Waals surface area contributed by atoms with Crippen molar-refractivity contribution in [1.82, 2.24) is 9.80 Å². The fraction of sp³-hybridized carbons (Fsp3) is 0.321. The van der Waals surface area contributed by atoms with Crippen LogP contribution in [0.4, 0.5) is 4.79 Å². The van der Waals surface area contributed by atoms with Gasteiger partial charge < -0.3 is 29.1 Å². The van der Waals surface area contributed by atoms with Gasteiger partial charge >= 0.3 is 6.09 Å². The fourth-order valence-electron chi connectivity index (χ4n) is 3.73. The number of ketones is 2. The Bertz CT molecular complexity index is 1190. The Labute approximate surface area is 216 Å². The predicted octanol–water partition coefficient (Wildman–Crippen LogP) is 3.80. The lowest BCUT2D eigenvalue weighted by Gasteiger charge is -2.20. The van der Waals surface area contributed by atoms with Gasteiger partial charge in [0.25, 0.3) is 0 Å². The molecule has 9 heteroatoms. The number of nitrogens with zero attached hydrogens (tertiary/aromatic N) is 2. The van der Waals surface area contributed by atoms with Crippen molar-refractivity contribution < 1.29 is 33.7 Å². The third-order valence-corrected chi connectivity index (χ3v) is 5.84. The van der Waals surface area contributed by atoms with Crippen molar-refractivity contribution in [2.24, 2.45) is 0 Å². The summed E-state index contributed by atoms with van der Waals surface area (Å²) in [6.45, 7) is 2.94. The standard InChI is InChI=1S/C28H32N2O7/c1-29-13-4-14-30(16-15-29)28(34)37-25-12-8-21(18-27(25)36-3)6-10-23(32)19-22(31)9-5-20-7-11-24(33)26(17-20)35-2/h5-12,17-18,33H,4,13-16,19H2,1-3H3/b9-5+,10-6+. The van der Waals surface area contributed by atoms with E-state index in [1.807, 2.05) is 7.05 Å². The van der Waals surface area contributed by atoms with E-state index < -0.39 is 6.09 Å². The van der Waals surface area contributed by atoms with Crippen LogP contribution in [0.15, 0.2) is 48.6 Å². The number of phenolic OH excluding ortho intramolecular Hbond substituents is 1. The minimum atomic E-state index is -0.426. The minimum Gasteiger partial charge on any atom is -0.504 e. The molecule has 0 unspecified atom stereocenters. The SMILES string of the molecule is COc1cc(/C=C/C(=O)CC(=O)/C=C/c2ccc(OC(=O)N3CCCN(C)CC3)c(OC)c2)ccc1O. The molecule has 0 bridgehead atoms. The van der Waals surface area contributed by atoms with Gasteiger partial charge in [-0.2, -0.15) is 0 Å². The van der Waals surface area contributed by atoms with Crippen LogP contribution >= 0.6 is 0 Å². The molecule has 0 aliphatic carbocycles. The lowest BCUT2D eigenvalue weighted by Crippen LogP contribution is -2.36. The van der Waals surface area contributed by atoms with Crippen LogP contribution in [-0.4, -0.2) is 80.0 Å². The molecule has 0 radical (unpaired) electrons. The average Bonchev–Trinajstić information content (AvgIpc) is 3.11. The molecule has 1 heterocycles. The quantitative estimate of drug-likeness (QED) is 0.403. The van der Waals surface area contributed by atoms with E-state index in [9.17, 15) is 19.5 Å². The lowest BCUT2D eigenvalue weighted by molar-refractivity contribution is -0.121. The predicted molar refractivity (Wildman–Crippen MR) is 140 cm³/mol. The number of ether oxygens (including phenoxy) is 3. The number of amides is 1. The number of aromatic hydroxyl groups is 1. The number of allylic oxidation sites excluding steroid dienone is 2. The van der Waals surface area contributed by atoms with Crippen LogP contribution in [0.25, 0.3) is 12.2 Å². The first-order valence-corrected chi connectivity index (χ1v) is 11.9. The number of hydrogen-bond acceptors (Lipinski definition) is 8. The zero-order valence-electron chi connectivity index (χ0n) is 21.3. The number of methoxy groups -OCH3 is 2. The van der Waals surface area contributed by atoms with E-state index in [0.717, 1.165) is 19.5 Å². The first-order valence-electron chi connectivity index (χ1n) is 11.9. The molecule has 2 aromatic rings. The van der Waals surface area contributed by atoms with E-state index in [2.05, 4.69) is 4.90 Å². The third-order valence-electron chi connectivity index (χ3n) is 5.84. The second kappa shape index (κ2) is 13.3. The number of phenols is 1. The molecule has 1 fully saturated rings. The van der Waals surface area contributed by atoms with Crippen LogP contribution in [0.3, 0.4) is 0 Å². The van der Waals surface area contributed by atoms with E-state index >= 15 is 0 Å². The van der Waals surface area contributed by atoms with E-state index in [4.69, 9.17) is 14.2 Å². The molecule has 1 aliphatic heterocycles. The topological polar surface area (TPSA) is 106 Å². The number of carbonyl (C=O) groups excluding carboxylic acids is 3. The largest absolute Gasteiger partial charge is 0.504 e. The molecule has 1 N–H and O–H groups in total. The Morgan fingerprint density at radius 3 is 2.11 bits per heavy atom. The smallest absolute Gasteiger partial charge is 0.415 e. The molecule has 3 rings (SSSR count). The zero-order valence-corrected chi connectivity index (χ0v) is 21.3. The summed E-state index contributed by atoms with van der Waals surface area (Å²) in [6.07, 6.45) is 5.92. The summed E-state index contributed by atoms with van der Waals surface area (Å²) in [5.41, 5.74) is 1.31. The molecule has 1 amide bonds. The summed E-state index contributed by atoms with van der Waals surface area (Å²) in [7, 11) is 4.93. The summed E-state index contributed by atoms with van der Waals surface area (Å²) < 4.78 is 16.0. The molecule has 1 aliphatic rings. The molecule has 0 saturated carbocycles. The van der Waals surface area contributed by atoms with Crippen LogP contribution < -0.4 is 14.2 Å². The highest BCUT2D eigenvalue weighted by Gasteiger charge is 2.20. The third kappa shape index (κ3) is 8.22. The molecule has 9 nitrogen and oxygen atoms in total. The van der Waals surface area contributed by atoms with Crippen LogP contribution in [0.5, 0.6) is 23.0 Å². The van der Waals surface area contributed by atoms with Crippen molar-refractivity contribution >= 4 is 29.8 Å². The van der Waals surface area contributed by atoms with Gasteiger partial charge in [-0.15, -0.1) is 0 Å². The molecule has 37 heavy (non-hydrogen) atoms. The minimum absolute atomic E-state index is 0.000411. The second-order valence-corrected chi connectivity index (χ2v) is 8.63. The Hall–Kier alpha value is -4.11. The highest BCUT2D eigenvalue weighted by atomic mass is 16.6. The summed E-state index contributed by atoms with van der Waals surface area (Å²) in [6, 6.07) is 9.65. The van der Waals surface area contributed by atoms with Gasteiger partial charge in [-0.1, -0.05) is 24.3 Å². The monoisotopic (exact) mass is 508 g/mol. The number of likely N-dealkylation sites (N-methyl/N-ethyl adjacent to an activating group) is 1. The summed E-state index contributed by atoms with van der Waals surface area (Å²) in [5, 5.41) is 9.64. The van der Waals surface area contributed by atoms with Crippen LogP contribution in [0, 0.1) is 0 Å². The van der Waals surface area contributed by atoms with Crippen molar-refractivity contribution in [1.29, 1.82) is 0 Å². The van der Waals surface area contributed by atoms with Crippen molar-refractivity contribution in [2.75, 3.05) is 47.4 Å². The second-order valence-electron chi connectivity index (χ2n) is 8.63. The van der Waals surface area contributed by atoms with Crippen molar-refractivity contribution in [3.05, 3.63) is 59.7 Å². The first kappa shape index (κ1) is 27.5. The maximum absolute atomic E-state index is 12.6. The molecule has 0 aromatic heterocycles. The van der Waals surface area contributed by atoms with Crippen molar-refractivity contribution in [3.63, 3.8) is 0 Å². The molecule has 1 saturated heterocycles. The Morgan fingerprint density at radius 2 is 1.46 bits per heavy atom. The van der Waals surface area contributed by atoms with Gasteiger partial charge in [-0.3, -0.25) is 9.59 Å². The highest BCUT2D eigenvalue weighted by molar-refractivity contribution is 6.10. The van der Waals surface area contributed by atoms with E-state index in [0.29, 0.717) is 41.5 Å². The van der Waals surface area contributed by atoms with Gasteiger partial charge in [0.2, 0.25) is 0 Å². The van der Waals surface area contributed by atoms with Crippen LogP contribution in [0.1, 0.15) is 24.0 Å². The molecular weight excluding hydrogens is 476 g/mol. The average molecular weight is 509 g/mol. The van der Waals surface area contributed by atoms with Gasteiger partial charge in [-0.05, 0) is 67.6 Å². The number of carbonyl (C=O) groups is 3. The Kier molecular flexibility index (Phi) is 9.85. The van der Waals surface area contributed by atoms with Gasteiger partial charge in [0, 0.05) is 19.6 Å². The number of hydrogen-bond donors (Lipinski definition) is 1. The number of benzene rings is 2. The van der Waals surface area contributed by atoms with Gasteiger partial charge in [0.1, 0.15) is 0 Å². The van der Waals surface area contributed by atoms with E-state index in [1.165, 1.54) is 32.4 Å². The maximum atomic E-state index is 12.6. The first-order chi connectivity index (χ1) is 17.8. The summed E-state index contributed by atoms with van der Waals surface area (Å²) >= 11 is 0. The molecular formula is C28H32N2O7. The van der Waals surface area contributed by atoms with E-state index in [1.54, 1.807) is 47.4 Å². The summed E-state index contributed by atoms with van der Waals surface area (Å²) in [5.74, 6) is 0.219. The number of rotatable bonds is 9. The maximum Gasteiger partial charge on any atom is 0.415 e. The van der Waals surface area contributed by atoms with Gasteiger partial charge in [0.15, 0.2) is 34.6 Å². The van der Waals surface area contributed by atoms with Crippen LogP contribution in [0.2, 0.25) is 0 Å². The van der Waals surface area contributed by atoms with Gasteiger partial charge in [0.05, 0.1) is 20.6 Å². The van der Waals surface area contributed by atoms with Crippen molar-refractivity contribution in [2.45, 2.75) is 12.8 Å². The Balaban J connectivity index is 1.57. The molecule has 196 valence electrons. The summed E-state index contributed by atoms with van der Waals surface area (Å²) in [4.78, 5) is 40.9. The molecule has 2 aromatic carbocycles. The van der Waals surface area contributed by atoms with E-state index in [-0.39, 0.29) is 23.7 Å². The normalized spacial score (nSPS) is 14.5. The fourth-order valence-corrected chi connectivity index (χ4v) is 3.73. The van der Waals surface area contributed by atoms with Crippen molar-refractivity contribution in [3.8, 4) is 23.0 Å². The Morgan fingerprint density at radius 1 is 0.838 bits per heavy atom. The van der Waals surface area contributed by atoms with Crippen LogP contribution in [-0.2, 0) is 9.59 Å². The lowest BCUT2D eigenvalue weighted by atomic mass is 10.1. The zero-order chi connectivity index (χ0) is 26.8.